The number of nitrogens with one attached hydrogen (secondary N) is 3. The van der Waals surface area contributed by atoms with Crippen LogP contribution in [0.4, 0.5) is 4.79 Å². The van der Waals surface area contributed by atoms with Gasteiger partial charge >= 0.3 is 6.03 Å². The molecular formula is C19H29N3O3. The molecule has 1 aromatic carbocycles. The molecule has 0 aromatic heterocycles. The van der Waals surface area contributed by atoms with Crippen molar-refractivity contribution in [2.45, 2.75) is 46.3 Å². The molecule has 0 bridgehead atoms. The lowest BCUT2D eigenvalue weighted by atomic mass is 9.97. The molecule has 1 heterocycles. The lowest BCUT2D eigenvalue weighted by molar-refractivity contribution is 0.0857. The van der Waals surface area contributed by atoms with Crippen LogP contribution in [0.25, 0.3) is 0 Å². The topological polar surface area (TPSA) is 79.5 Å². The fourth-order valence-corrected chi connectivity index (χ4v) is 2.53. The number of carbonyl (C=O) groups excluding carboxylic acids is 2. The summed E-state index contributed by atoms with van der Waals surface area (Å²) in [5.41, 5.74) is 1.52. The van der Waals surface area contributed by atoms with Gasteiger partial charge in [-0.15, -0.1) is 0 Å². The van der Waals surface area contributed by atoms with Crippen molar-refractivity contribution >= 4 is 11.9 Å². The van der Waals surface area contributed by atoms with Gasteiger partial charge in [0, 0.05) is 31.8 Å². The molecule has 0 unspecified atom stereocenters. The maximum atomic E-state index is 12.2. The third kappa shape index (κ3) is 7.13. The fraction of sp³-hybridized carbons (Fsp3) is 0.579. The SMILES string of the molecule is CC(C)(C)CNC(=O)NCc1cccc(C(=O)NC[C@H]2CCCO2)c1. The first kappa shape index (κ1) is 19.2. The highest BCUT2D eigenvalue weighted by atomic mass is 16.5. The molecule has 1 fully saturated rings. The van der Waals surface area contributed by atoms with Crippen molar-refractivity contribution in [3.63, 3.8) is 0 Å². The lowest BCUT2D eigenvalue weighted by Gasteiger charge is -2.19. The van der Waals surface area contributed by atoms with Crippen LogP contribution < -0.4 is 16.0 Å². The van der Waals surface area contributed by atoms with E-state index in [1.165, 1.54) is 0 Å². The Hall–Kier alpha value is -2.08. The smallest absolute Gasteiger partial charge is 0.315 e. The van der Waals surface area contributed by atoms with E-state index in [4.69, 9.17) is 4.74 Å². The first-order valence-corrected chi connectivity index (χ1v) is 8.84. The molecule has 3 amide bonds. The summed E-state index contributed by atoms with van der Waals surface area (Å²) in [7, 11) is 0. The maximum Gasteiger partial charge on any atom is 0.315 e. The highest BCUT2D eigenvalue weighted by Gasteiger charge is 2.17. The Balaban J connectivity index is 1.79. The van der Waals surface area contributed by atoms with Crippen LogP contribution in [-0.4, -0.2) is 37.7 Å². The summed E-state index contributed by atoms with van der Waals surface area (Å²) in [5, 5.41) is 8.56. The van der Waals surface area contributed by atoms with Crippen LogP contribution in [0.15, 0.2) is 24.3 Å². The molecular weight excluding hydrogens is 318 g/mol. The predicted molar refractivity (Wildman–Crippen MR) is 97.4 cm³/mol. The van der Waals surface area contributed by atoms with Crippen LogP contribution in [0, 0.1) is 5.41 Å². The number of ether oxygens (including phenoxy) is 1. The summed E-state index contributed by atoms with van der Waals surface area (Å²) in [6.45, 7) is 8.48. The third-order valence-corrected chi connectivity index (χ3v) is 3.94. The molecule has 1 aromatic rings. The summed E-state index contributed by atoms with van der Waals surface area (Å²) in [6, 6.07) is 7.08. The van der Waals surface area contributed by atoms with Crippen molar-refractivity contribution < 1.29 is 14.3 Å². The number of amides is 3. The Bertz CT molecular complexity index is 590. The number of carbonyl (C=O) groups is 2. The van der Waals surface area contributed by atoms with Gasteiger partial charge in [0.1, 0.15) is 0 Å². The van der Waals surface area contributed by atoms with E-state index in [1.807, 2.05) is 12.1 Å². The Labute approximate surface area is 149 Å². The molecule has 1 saturated heterocycles. The van der Waals surface area contributed by atoms with Gasteiger partial charge in [0.25, 0.3) is 5.91 Å². The van der Waals surface area contributed by atoms with E-state index in [2.05, 4.69) is 36.7 Å². The highest BCUT2D eigenvalue weighted by Crippen LogP contribution is 2.12. The van der Waals surface area contributed by atoms with E-state index in [0.29, 0.717) is 25.2 Å². The van der Waals surface area contributed by atoms with Gasteiger partial charge in [0.05, 0.1) is 6.10 Å². The molecule has 0 spiro atoms. The zero-order chi connectivity index (χ0) is 18.3. The average Bonchev–Trinajstić information content (AvgIpc) is 3.09. The van der Waals surface area contributed by atoms with Crippen molar-refractivity contribution in [1.82, 2.24) is 16.0 Å². The molecule has 0 aliphatic carbocycles. The van der Waals surface area contributed by atoms with Crippen LogP contribution in [0.1, 0.15) is 49.5 Å². The first-order chi connectivity index (χ1) is 11.8. The normalized spacial score (nSPS) is 17.2. The number of benzene rings is 1. The second-order valence-corrected chi connectivity index (χ2v) is 7.64. The first-order valence-electron chi connectivity index (χ1n) is 8.84. The van der Waals surface area contributed by atoms with Crippen molar-refractivity contribution in [1.29, 1.82) is 0 Å². The van der Waals surface area contributed by atoms with Gasteiger partial charge in [-0.3, -0.25) is 4.79 Å². The zero-order valence-corrected chi connectivity index (χ0v) is 15.4. The minimum Gasteiger partial charge on any atom is -0.376 e. The molecule has 0 radical (unpaired) electrons. The van der Waals surface area contributed by atoms with Crippen molar-refractivity contribution in [3.05, 3.63) is 35.4 Å². The number of urea groups is 1. The third-order valence-electron chi connectivity index (χ3n) is 3.94. The Morgan fingerprint density at radius 1 is 1.20 bits per heavy atom. The average molecular weight is 347 g/mol. The number of hydrogen-bond acceptors (Lipinski definition) is 3. The van der Waals surface area contributed by atoms with Crippen molar-refractivity contribution in [2.75, 3.05) is 19.7 Å². The fourth-order valence-electron chi connectivity index (χ4n) is 2.53. The standard InChI is InChI=1S/C19H29N3O3/c1-19(2,3)13-22-18(24)21-11-14-6-4-7-15(10-14)17(23)20-12-16-8-5-9-25-16/h4,6-7,10,16H,5,8-9,11-13H2,1-3H3,(H,20,23)(H2,21,22,24)/t16-/m1/s1. The summed E-state index contributed by atoms with van der Waals surface area (Å²) < 4.78 is 5.51. The summed E-state index contributed by atoms with van der Waals surface area (Å²) >= 11 is 0. The molecule has 138 valence electrons. The highest BCUT2D eigenvalue weighted by molar-refractivity contribution is 5.94. The largest absolute Gasteiger partial charge is 0.376 e. The van der Waals surface area contributed by atoms with E-state index < -0.39 is 0 Å². The Kier molecular flexibility index (Phi) is 6.82. The van der Waals surface area contributed by atoms with Crippen LogP contribution in [0.2, 0.25) is 0 Å². The van der Waals surface area contributed by atoms with Gasteiger partial charge in [-0.25, -0.2) is 4.79 Å². The maximum absolute atomic E-state index is 12.2. The van der Waals surface area contributed by atoms with E-state index in [-0.39, 0.29) is 23.5 Å². The quantitative estimate of drug-likeness (QED) is 0.739. The van der Waals surface area contributed by atoms with Crippen LogP contribution in [0.5, 0.6) is 0 Å². The van der Waals surface area contributed by atoms with Crippen molar-refractivity contribution in [3.8, 4) is 0 Å². The second kappa shape index (κ2) is 8.85. The van der Waals surface area contributed by atoms with Crippen LogP contribution in [-0.2, 0) is 11.3 Å². The molecule has 1 aliphatic heterocycles. The van der Waals surface area contributed by atoms with E-state index >= 15 is 0 Å². The van der Waals surface area contributed by atoms with E-state index in [1.54, 1.807) is 12.1 Å². The van der Waals surface area contributed by atoms with Crippen molar-refractivity contribution in [2.24, 2.45) is 5.41 Å². The van der Waals surface area contributed by atoms with E-state index in [9.17, 15) is 9.59 Å². The minimum absolute atomic E-state index is 0.0401. The zero-order valence-electron chi connectivity index (χ0n) is 15.4. The van der Waals surface area contributed by atoms with Gasteiger partial charge in [-0.05, 0) is 36.0 Å². The molecule has 2 rings (SSSR count). The van der Waals surface area contributed by atoms with Gasteiger partial charge in [-0.2, -0.15) is 0 Å². The van der Waals surface area contributed by atoms with Crippen LogP contribution in [0.3, 0.4) is 0 Å². The molecule has 1 aliphatic rings. The lowest BCUT2D eigenvalue weighted by Crippen LogP contribution is -2.39. The molecule has 1 atom stereocenters. The monoisotopic (exact) mass is 347 g/mol. The molecule has 0 saturated carbocycles. The predicted octanol–water partition coefficient (Wildman–Crippen LogP) is 2.44. The van der Waals surface area contributed by atoms with Crippen LogP contribution >= 0.6 is 0 Å². The molecule has 3 N–H and O–H groups in total. The summed E-state index contributed by atoms with van der Waals surface area (Å²) in [4.78, 5) is 24.1. The van der Waals surface area contributed by atoms with Gasteiger partial charge < -0.3 is 20.7 Å². The molecule has 6 heteroatoms. The van der Waals surface area contributed by atoms with E-state index in [0.717, 1.165) is 25.0 Å². The number of hydrogen-bond donors (Lipinski definition) is 3. The minimum atomic E-state index is -0.205. The summed E-state index contributed by atoms with van der Waals surface area (Å²) in [6.07, 6.45) is 2.17. The molecule has 25 heavy (non-hydrogen) atoms. The van der Waals surface area contributed by atoms with Gasteiger partial charge in [0.2, 0.25) is 0 Å². The number of rotatable bonds is 6. The van der Waals surface area contributed by atoms with Gasteiger partial charge in [0.15, 0.2) is 0 Å². The summed E-state index contributed by atoms with van der Waals surface area (Å²) in [5.74, 6) is -0.116. The Morgan fingerprint density at radius 3 is 2.68 bits per heavy atom. The van der Waals surface area contributed by atoms with Gasteiger partial charge in [-0.1, -0.05) is 32.9 Å². The molecule has 6 nitrogen and oxygen atoms in total. The second-order valence-electron chi connectivity index (χ2n) is 7.64. The Morgan fingerprint density at radius 2 is 2.00 bits per heavy atom.